The van der Waals surface area contributed by atoms with Crippen LogP contribution < -0.4 is 4.74 Å². The van der Waals surface area contributed by atoms with Crippen LogP contribution in [0.1, 0.15) is 16.8 Å². The molecule has 5 nitrogen and oxygen atoms in total. The molecule has 2 fully saturated rings. The topological polar surface area (TPSA) is 36.0 Å². The van der Waals surface area contributed by atoms with Gasteiger partial charge in [-0.3, -0.25) is 9.69 Å². The van der Waals surface area contributed by atoms with Gasteiger partial charge in [-0.2, -0.15) is 0 Å². The van der Waals surface area contributed by atoms with Crippen molar-refractivity contribution >= 4 is 17.5 Å². The molecule has 3 rings (SSSR count). The lowest BCUT2D eigenvalue weighted by molar-refractivity contribution is 0.0752. The minimum atomic E-state index is 0.0148. The van der Waals surface area contributed by atoms with Gasteiger partial charge in [0.25, 0.3) is 5.91 Å². The van der Waals surface area contributed by atoms with Crippen molar-refractivity contribution < 1.29 is 9.53 Å². The van der Waals surface area contributed by atoms with E-state index in [9.17, 15) is 4.79 Å². The fourth-order valence-electron chi connectivity index (χ4n) is 3.43. The van der Waals surface area contributed by atoms with Crippen LogP contribution in [0.4, 0.5) is 0 Å². The maximum atomic E-state index is 12.8. The number of ether oxygens (including phenoxy) is 1. The molecule has 2 aliphatic rings. The molecule has 1 atom stereocenters. The third kappa shape index (κ3) is 3.62. The number of benzene rings is 1. The van der Waals surface area contributed by atoms with Crippen molar-refractivity contribution in [2.45, 2.75) is 12.5 Å². The minimum absolute atomic E-state index is 0.0148. The van der Waals surface area contributed by atoms with Gasteiger partial charge in [-0.15, -0.1) is 0 Å². The fourth-order valence-corrected chi connectivity index (χ4v) is 3.60. The predicted molar refractivity (Wildman–Crippen MR) is 91.4 cm³/mol. The van der Waals surface area contributed by atoms with E-state index in [2.05, 4.69) is 16.8 Å². The van der Waals surface area contributed by atoms with Crippen LogP contribution in [0.2, 0.25) is 5.02 Å². The van der Waals surface area contributed by atoms with Gasteiger partial charge in [0, 0.05) is 50.3 Å². The number of hydrogen-bond acceptors (Lipinski definition) is 4. The van der Waals surface area contributed by atoms with Crippen LogP contribution in [0, 0.1) is 0 Å². The highest BCUT2D eigenvalue weighted by Crippen LogP contribution is 2.26. The van der Waals surface area contributed by atoms with E-state index in [1.54, 1.807) is 25.3 Å². The normalized spacial score (nSPS) is 23.3. The summed E-state index contributed by atoms with van der Waals surface area (Å²) in [6.07, 6.45) is 1.04. The van der Waals surface area contributed by atoms with Crippen molar-refractivity contribution in [3.05, 3.63) is 28.8 Å². The first-order valence-electron chi connectivity index (χ1n) is 8.14. The molecular weight excluding hydrogens is 314 g/mol. The van der Waals surface area contributed by atoms with E-state index in [-0.39, 0.29) is 5.91 Å². The Kier molecular flexibility index (Phi) is 5.09. The van der Waals surface area contributed by atoms with Crippen molar-refractivity contribution in [2.24, 2.45) is 0 Å². The summed E-state index contributed by atoms with van der Waals surface area (Å²) in [5.74, 6) is 0.600. The molecule has 0 spiro atoms. The number of methoxy groups -OCH3 is 1. The summed E-state index contributed by atoms with van der Waals surface area (Å²) in [6.45, 7) is 5.97. The summed E-state index contributed by atoms with van der Waals surface area (Å²) >= 11 is 6.05. The molecule has 0 radical (unpaired) electrons. The number of halogens is 1. The van der Waals surface area contributed by atoms with Crippen LogP contribution >= 0.6 is 11.6 Å². The highest BCUT2D eigenvalue weighted by molar-refractivity contribution is 6.31. The molecule has 0 aromatic heterocycles. The molecule has 0 saturated carbocycles. The number of amides is 1. The van der Waals surface area contributed by atoms with Crippen LogP contribution in [0.5, 0.6) is 5.75 Å². The van der Waals surface area contributed by atoms with Crippen LogP contribution in [0.15, 0.2) is 18.2 Å². The van der Waals surface area contributed by atoms with E-state index < -0.39 is 0 Å². The molecule has 1 aromatic rings. The Morgan fingerprint density at radius 2 is 1.96 bits per heavy atom. The van der Waals surface area contributed by atoms with E-state index >= 15 is 0 Å². The van der Waals surface area contributed by atoms with Crippen LogP contribution in [0.25, 0.3) is 0 Å². The fraction of sp³-hybridized carbons (Fsp3) is 0.588. The predicted octanol–water partition coefficient (Wildman–Crippen LogP) is 1.81. The molecular formula is C17H24ClN3O2. The SMILES string of the molecule is COc1ccc(Cl)cc1C(=O)N1CC[C@H](N2CCN(C)CC2)C1. The number of carbonyl (C=O) groups excluding carboxylic acids is 1. The smallest absolute Gasteiger partial charge is 0.257 e. The number of piperazine rings is 1. The van der Waals surface area contributed by atoms with Crippen LogP contribution in [-0.2, 0) is 0 Å². The molecule has 6 heteroatoms. The number of nitrogens with zero attached hydrogens (tertiary/aromatic N) is 3. The number of carbonyl (C=O) groups is 1. The van der Waals surface area contributed by atoms with E-state index in [0.717, 1.165) is 45.7 Å². The zero-order valence-corrected chi connectivity index (χ0v) is 14.6. The highest BCUT2D eigenvalue weighted by atomic mass is 35.5. The van der Waals surface area contributed by atoms with Gasteiger partial charge < -0.3 is 14.5 Å². The van der Waals surface area contributed by atoms with Gasteiger partial charge in [0.05, 0.1) is 12.7 Å². The summed E-state index contributed by atoms with van der Waals surface area (Å²) in [7, 11) is 3.74. The molecule has 126 valence electrons. The van der Waals surface area contributed by atoms with E-state index in [1.807, 2.05) is 4.90 Å². The molecule has 1 amide bonds. The molecule has 0 N–H and O–H groups in total. The Morgan fingerprint density at radius 3 is 2.65 bits per heavy atom. The maximum Gasteiger partial charge on any atom is 0.257 e. The quantitative estimate of drug-likeness (QED) is 0.843. The zero-order valence-electron chi connectivity index (χ0n) is 13.8. The Bertz CT molecular complexity index is 573. The molecule has 0 aliphatic carbocycles. The first-order valence-corrected chi connectivity index (χ1v) is 8.51. The van der Waals surface area contributed by atoms with Crippen molar-refractivity contribution in [1.82, 2.24) is 14.7 Å². The van der Waals surface area contributed by atoms with Crippen molar-refractivity contribution in [3.8, 4) is 5.75 Å². The number of rotatable bonds is 3. The summed E-state index contributed by atoms with van der Waals surface area (Å²) in [5.41, 5.74) is 0.555. The lowest BCUT2D eigenvalue weighted by atomic mass is 10.1. The second-order valence-electron chi connectivity index (χ2n) is 6.38. The lowest BCUT2D eigenvalue weighted by Crippen LogP contribution is -2.50. The van der Waals surface area contributed by atoms with Gasteiger partial charge in [-0.05, 0) is 31.7 Å². The van der Waals surface area contributed by atoms with E-state index in [4.69, 9.17) is 16.3 Å². The van der Waals surface area contributed by atoms with Gasteiger partial charge in [0.2, 0.25) is 0 Å². The van der Waals surface area contributed by atoms with Crippen molar-refractivity contribution in [2.75, 3.05) is 53.4 Å². The Morgan fingerprint density at radius 1 is 1.22 bits per heavy atom. The van der Waals surface area contributed by atoms with Gasteiger partial charge in [-0.1, -0.05) is 11.6 Å². The second-order valence-corrected chi connectivity index (χ2v) is 6.81. The second kappa shape index (κ2) is 7.07. The van der Waals surface area contributed by atoms with Gasteiger partial charge in [-0.25, -0.2) is 0 Å². The van der Waals surface area contributed by atoms with Gasteiger partial charge in [0.15, 0.2) is 0 Å². The summed E-state index contributed by atoms with van der Waals surface area (Å²) in [4.78, 5) is 19.6. The summed E-state index contributed by atoms with van der Waals surface area (Å²) in [5, 5.41) is 0.559. The lowest BCUT2D eigenvalue weighted by Gasteiger charge is -2.36. The average molecular weight is 338 g/mol. The largest absolute Gasteiger partial charge is 0.496 e. The molecule has 23 heavy (non-hydrogen) atoms. The van der Waals surface area contributed by atoms with Crippen molar-refractivity contribution in [1.29, 1.82) is 0 Å². The molecule has 0 bridgehead atoms. The van der Waals surface area contributed by atoms with E-state index in [1.165, 1.54) is 0 Å². The Balaban J connectivity index is 1.67. The molecule has 1 aromatic carbocycles. The minimum Gasteiger partial charge on any atom is -0.496 e. The van der Waals surface area contributed by atoms with Gasteiger partial charge in [0.1, 0.15) is 5.75 Å². The maximum absolute atomic E-state index is 12.8. The van der Waals surface area contributed by atoms with E-state index in [0.29, 0.717) is 22.4 Å². The molecule has 2 aliphatic heterocycles. The Labute approximate surface area is 142 Å². The standard InChI is InChI=1S/C17H24ClN3O2/c1-19-7-9-20(10-8-19)14-5-6-21(12-14)17(22)15-11-13(18)3-4-16(15)23-2/h3-4,11,14H,5-10,12H2,1-2H3/t14-/m0/s1. The Hall–Kier alpha value is -1.30. The zero-order chi connectivity index (χ0) is 16.4. The summed E-state index contributed by atoms with van der Waals surface area (Å²) in [6, 6.07) is 5.67. The molecule has 0 unspecified atom stereocenters. The molecule has 2 heterocycles. The molecule has 2 saturated heterocycles. The average Bonchev–Trinajstić information content (AvgIpc) is 3.04. The first-order chi connectivity index (χ1) is 11.1. The first kappa shape index (κ1) is 16.6. The third-order valence-electron chi connectivity index (χ3n) is 4.90. The number of hydrogen-bond donors (Lipinski definition) is 0. The monoisotopic (exact) mass is 337 g/mol. The third-order valence-corrected chi connectivity index (χ3v) is 5.13. The van der Waals surface area contributed by atoms with Crippen LogP contribution in [0.3, 0.4) is 0 Å². The van der Waals surface area contributed by atoms with Crippen LogP contribution in [-0.4, -0.2) is 80.1 Å². The number of likely N-dealkylation sites (tertiary alicyclic amines) is 1. The summed E-state index contributed by atoms with van der Waals surface area (Å²) < 4.78 is 5.31. The van der Waals surface area contributed by atoms with Crippen molar-refractivity contribution in [3.63, 3.8) is 0 Å². The number of likely N-dealkylation sites (N-methyl/N-ethyl adjacent to an activating group) is 1. The van der Waals surface area contributed by atoms with Gasteiger partial charge >= 0.3 is 0 Å². The highest BCUT2D eigenvalue weighted by Gasteiger charge is 2.32.